The third-order valence-electron chi connectivity index (χ3n) is 4.44. The largest absolute Gasteiger partial charge is 0.368 e. The molecule has 0 spiro atoms. The molecular formula is C20H27FIN5. The zero-order chi connectivity index (χ0) is 18.4. The standard InChI is InChI=1S/C20H26FN5.HI/c1-3-22-20(23-15-18-6-4-5-16(2)24-18)26-13-11-25(12-14-26)19-9-7-17(21)8-10-19;/h4-10H,3,11-15H2,1-2H3,(H,22,23);1H. The SMILES string of the molecule is CCNC(=NCc1cccc(C)n1)N1CCN(c2ccc(F)cc2)CC1.I. The first-order valence-corrected chi connectivity index (χ1v) is 9.12. The van der Waals surface area contributed by atoms with Gasteiger partial charge in [0, 0.05) is 44.1 Å². The van der Waals surface area contributed by atoms with Crippen LogP contribution >= 0.6 is 24.0 Å². The van der Waals surface area contributed by atoms with Crippen molar-refractivity contribution in [3.63, 3.8) is 0 Å². The summed E-state index contributed by atoms with van der Waals surface area (Å²) in [6.45, 7) is 9.01. The van der Waals surface area contributed by atoms with Gasteiger partial charge in [-0.1, -0.05) is 6.07 Å². The summed E-state index contributed by atoms with van der Waals surface area (Å²) in [6, 6.07) is 12.7. The quantitative estimate of drug-likeness (QED) is 0.411. The monoisotopic (exact) mass is 483 g/mol. The summed E-state index contributed by atoms with van der Waals surface area (Å²) in [5, 5.41) is 3.38. The van der Waals surface area contributed by atoms with Crippen molar-refractivity contribution in [2.45, 2.75) is 20.4 Å². The zero-order valence-electron chi connectivity index (χ0n) is 15.9. The molecule has 0 saturated carbocycles. The minimum Gasteiger partial charge on any atom is -0.368 e. The number of nitrogens with one attached hydrogen (secondary N) is 1. The van der Waals surface area contributed by atoms with E-state index in [-0.39, 0.29) is 29.8 Å². The number of hydrogen-bond donors (Lipinski definition) is 1. The van der Waals surface area contributed by atoms with Gasteiger partial charge in [0.1, 0.15) is 5.82 Å². The van der Waals surface area contributed by atoms with E-state index in [4.69, 9.17) is 4.99 Å². The molecule has 1 N–H and O–H groups in total. The Morgan fingerprint density at radius 3 is 2.44 bits per heavy atom. The molecule has 0 atom stereocenters. The second-order valence-corrected chi connectivity index (χ2v) is 6.39. The van der Waals surface area contributed by atoms with Gasteiger partial charge in [0.25, 0.3) is 0 Å². The van der Waals surface area contributed by atoms with Crippen molar-refractivity contribution in [1.29, 1.82) is 0 Å². The molecule has 1 aliphatic heterocycles. The summed E-state index contributed by atoms with van der Waals surface area (Å²) in [5.41, 5.74) is 3.05. The summed E-state index contributed by atoms with van der Waals surface area (Å²) < 4.78 is 13.1. The smallest absolute Gasteiger partial charge is 0.194 e. The molecular weight excluding hydrogens is 456 g/mol. The van der Waals surface area contributed by atoms with Gasteiger partial charge in [-0.05, 0) is 50.2 Å². The van der Waals surface area contributed by atoms with Crippen LogP contribution in [0.1, 0.15) is 18.3 Å². The third kappa shape index (κ3) is 6.05. The van der Waals surface area contributed by atoms with Crippen LogP contribution in [-0.2, 0) is 6.54 Å². The van der Waals surface area contributed by atoms with Gasteiger partial charge in [-0.25, -0.2) is 9.38 Å². The fourth-order valence-electron chi connectivity index (χ4n) is 3.10. The summed E-state index contributed by atoms with van der Waals surface area (Å²) >= 11 is 0. The van der Waals surface area contributed by atoms with E-state index in [1.54, 1.807) is 0 Å². The maximum atomic E-state index is 13.1. The fourth-order valence-corrected chi connectivity index (χ4v) is 3.10. The van der Waals surface area contributed by atoms with Crippen molar-refractivity contribution < 1.29 is 4.39 Å². The lowest BCUT2D eigenvalue weighted by Crippen LogP contribution is -2.52. The van der Waals surface area contributed by atoms with E-state index in [1.165, 1.54) is 12.1 Å². The van der Waals surface area contributed by atoms with Gasteiger partial charge < -0.3 is 15.1 Å². The Morgan fingerprint density at radius 1 is 1.11 bits per heavy atom. The lowest BCUT2D eigenvalue weighted by atomic mass is 10.2. The van der Waals surface area contributed by atoms with Crippen LogP contribution in [0, 0.1) is 12.7 Å². The molecule has 1 aromatic carbocycles. The highest BCUT2D eigenvalue weighted by Gasteiger charge is 2.19. The predicted molar refractivity (Wildman–Crippen MR) is 119 cm³/mol. The molecule has 146 valence electrons. The molecule has 7 heteroatoms. The van der Waals surface area contributed by atoms with E-state index < -0.39 is 0 Å². The number of pyridine rings is 1. The number of guanidine groups is 1. The normalized spacial score (nSPS) is 14.7. The molecule has 5 nitrogen and oxygen atoms in total. The lowest BCUT2D eigenvalue weighted by Gasteiger charge is -2.37. The average Bonchev–Trinajstić information content (AvgIpc) is 2.66. The van der Waals surface area contributed by atoms with Crippen LogP contribution in [0.15, 0.2) is 47.5 Å². The van der Waals surface area contributed by atoms with Gasteiger partial charge in [-0.2, -0.15) is 0 Å². The molecule has 3 rings (SSSR count). The first-order valence-electron chi connectivity index (χ1n) is 9.12. The molecule has 1 saturated heterocycles. The van der Waals surface area contributed by atoms with E-state index in [0.29, 0.717) is 6.54 Å². The van der Waals surface area contributed by atoms with E-state index in [1.807, 2.05) is 37.3 Å². The van der Waals surface area contributed by atoms with Crippen molar-refractivity contribution in [2.24, 2.45) is 4.99 Å². The van der Waals surface area contributed by atoms with Crippen LogP contribution in [0.5, 0.6) is 0 Å². The van der Waals surface area contributed by atoms with E-state index in [2.05, 4.69) is 27.0 Å². The number of aromatic nitrogens is 1. The van der Waals surface area contributed by atoms with Gasteiger partial charge in [0.05, 0.1) is 12.2 Å². The number of aliphatic imine (C=N–C) groups is 1. The van der Waals surface area contributed by atoms with Gasteiger partial charge in [0.15, 0.2) is 5.96 Å². The Balaban J connectivity index is 0.00000261. The number of nitrogens with zero attached hydrogens (tertiary/aromatic N) is 4. The maximum absolute atomic E-state index is 13.1. The first kappa shape index (κ1) is 21.4. The summed E-state index contributed by atoms with van der Waals surface area (Å²) in [6.07, 6.45) is 0. The van der Waals surface area contributed by atoms with E-state index in [9.17, 15) is 4.39 Å². The van der Waals surface area contributed by atoms with Crippen LogP contribution in [0.3, 0.4) is 0 Å². The number of piperazine rings is 1. The molecule has 0 unspecified atom stereocenters. The van der Waals surface area contributed by atoms with Gasteiger partial charge in [0.2, 0.25) is 0 Å². The highest BCUT2D eigenvalue weighted by molar-refractivity contribution is 14.0. The Hall–Kier alpha value is -1.90. The van der Waals surface area contributed by atoms with E-state index in [0.717, 1.165) is 55.8 Å². The number of aryl methyl sites for hydroxylation is 1. The number of hydrogen-bond acceptors (Lipinski definition) is 3. The highest BCUT2D eigenvalue weighted by Crippen LogP contribution is 2.17. The second-order valence-electron chi connectivity index (χ2n) is 6.39. The molecule has 2 heterocycles. The molecule has 0 amide bonds. The Kier molecular flexibility index (Phi) is 8.27. The molecule has 2 aromatic rings. The van der Waals surface area contributed by atoms with Crippen LogP contribution in [0.25, 0.3) is 0 Å². The minimum absolute atomic E-state index is 0. The molecule has 1 aliphatic rings. The third-order valence-corrected chi connectivity index (χ3v) is 4.44. The Morgan fingerprint density at radius 2 is 1.81 bits per heavy atom. The number of halogens is 2. The summed E-state index contributed by atoms with van der Waals surface area (Å²) in [7, 11) is 0. The summed E-state index contributed by atoms with van der Waals surface area (Å²) in [4.78, 5) is 13.8. The predicted octanol–water partition coefficient (Wildman–Crippen LogP) is 3.43. The van der Waals surface area contributed by atoms with Crippen molar-refractivity contribution in [2.75, 3.05) is 37.6 Å². The minimum atomic E-state index is -0.196. The first-order chi connectivity index (χ1) is 12.7. The fraction of sp³-hybridized carbons (Fsp3) is 0.400. The van der Waals surface area contributed by atoms with Crippen LogP contribution < -0.4 is 10.2 Å². The van der Waals surface area contributed by atoms with Crippen molar-refractivity contribution in [1.82, 2.24) is 15.2 Å². The van der Waals surface area contributed by atoms with Crippen LogP contribution in [-0.4, -0.2) is 48.6 Å². The Labute approximate surface area is 177 Å². The van der Waals surface area contributed by atoms with E-state index >= 15 is 0 Å². The lowest BCUT2D eigenvalue weighted by molar-refractivity contribution is 0.372. The molecule has 0 bridgehead atoms. The maximum Gasteiger partial charge on any atom is 0.194 e. The second kappa shape index (κ2) is 10.4. The Bertz CT molecular complexity index is 742. The molecule has 0 radical (unpaired) electrons. The molecule has 1 aromatic heterocycles. The molecule has 27 heavy (non-hydrogen) atoms. The van der Waals surface area contributed by atoms with Crippen molar-refractivity contribution in [3.8, 4) is 0 Å². The van der Waals surface area contributed by atoms with Crippen molar-refractivity contribution >= 4 is 35.6 Å². The van der Waals surface area contributed by atoms with Gasteiger partial charge in [-0.15, -0.1) is 24.0 Å². The molecule has 0 aliphatic carbocycles. The van der Waals surface area contributed by atoms with Gasteiger partial charge in [-0.3, -0.25) is 4.98 Å². The highest BCUT2D eigenvalue weighted by atomic mass is 127. The van der Waals surface area contributed by atoms with Crippen molar-refractivity contribution in [3.05, 3.63) is 59.7 Å². The molecule has 1 fully saturated rings. The number of benzene rings is 1. The van der Waals surface area contributed by atoms with Gasteiger partial charge >= 0.3 is 0 Å². The zero-order valence-corrected chi connectivity index (χ0v) is 18.2. The topological polar surface area (TPSA) is 43.8 Å². The number of rotatable bonds is 4. The average molecular weight is 483 g/mol. The summed E-state index contributed by atoms with van der Waals surface area (Å²) in [5.74, 6) is 0.730. The van der Waals surface area contributed by atoms with Crippen LogP contribution in [0.4, 0.5) is 10.1 Å². The number of anilines is 1. The van der Waals surface area contributed by atoms with Crippen LogP contribution in [0.2, 0.25) is 0 Å².